The van der Waals surface area contributed by atoms with E-state index in [4.69, 9.17) is 4.74 Å². The lowest BCUT2D eigenvalue weighted by molar-refractivity contribution is -0.153. The standard InChI is InChI=1S/C16H20FNO3/c1-21-16(20)15-14(19)5-3-11-18(15)10-2-4-12-6-8-13(17)9-7-12/h2,4,6-9,14-15,19H,3,5,10-11H2,1H3/b4-2+/t14-,15+/m0/s1. The maximum absolute atomic E-state index is 12.8. The van der Waals surface area contributed by atoms with Gasteiger partial charge in [0.25, 0.3) is 0 Å². The van der Waals surface area contributed by atoms with Crippen LogP contribution in [0, 0.1) is 5.82 Å². The van der Waals surface area contributed by atoms with E-state index in [0.717, 1.165) is 18.5 Å². The third kappa shape index (κ3) is 4.12. The number of halogens is 1. The van der Waals surface area contributed by atoms with Crippen LogP contribution in [0.3, 0.4) is 0 Å². The fraction of sp³-hybridized carbons (Fsp3) is 0.438. The number of ether oxygens (including phenoxy) is 1. The fourth-order valence-corrected chi connectivity index (χ4v) is 2.57. The monoisotopic (exact) mass is 293 g/mol. The number of nitrogens with zero attached hydrogens (tertiary/aromatic N) is 1. The van der Waals surface area contributed by atoms with E-state index in [1.54, 1.807) is 12.1 Å². The molecule has 2 rings (SSSR count). The molecule has 21 heavy (non-hydrogen) atoms. The third-order valence-corrected chi connectivity index (χ3v) is 3.67. The fourth-order valence-electron chi connectivity index (χ4n) is 2.57. The summed E-state index contributed by atoms with van der Waals surface area (Å²) in [6.07, 6.45) is 4.54. The SMILES string of the molecule is COC(=O)[C@H]1[C@@H](O)CCCN1C/C=C/c1ccc(F)cc1. The molecule has 1 aromatic carbocycles. The minimum atomic E-state index is -0.689. The quantitative estimate of drug-likeness (QED) is 0.861. The summed E-state index contributed by atoms with van der Waals surface area (Å²) in [5.74, 6) is -0.672. The van der Waals surface area contributed by atoms with Crippen molar-refractivity contribution in [2.45, 2.75) is 25.0 Å². The minimum absolute atomic E-state index is 0.267. The van der Waals surface area contributed by atoms with Crippen LogP contribution in [0.15, 0.2) is 30.3 Å². The zero-order chi connectivity index (χ0) is 15.2. The first kappa shape index (κ1) is 15.7. The van der Waals surface area contributed by atoms with E-state index >= 15 is 0 Å². The van der Waals surface area contributed by atoms with Crippen LogP contribution < -0.4 is 0 Å². The molecular formula is C16H20FNO3. The first-order valence-corrected chi connectivity index (χ1v) is 7.04. The number of piperidine rings is 1. The molecule has 2 atom stereocenters. The van der Waals surface area contributed by atoms with Gasteiger partial charge in [-0.15, -0.1) is 0 Å². The topological polar surface area (TPSA) is 49.8 Å². The van der Waals surface area contributed by atoms with Crippen LogP contribution in [-0.2, 0) is 9.53 Å². The number of methoxy groups -OCH3 is 1. The maximum Gasteiger partial charge on any atom is 0.325 e. The molecule has 0 radical (unpaired) electrons. The van der Waals surface area contributed by atoms with Crippen molar-refractivity contribution >= 4 is 12.0 Å². The number of carbonyl (C=O) groups excluding carboxylic acids is 1. The summed E-state index contributed by atoms with van der Waals surface area (Å²) in [4.78, 5) is 13.7. The van der Waals surface area contributed by atoms with Crippen LogP contribution in [0.4, 0.5) is 4.39 Å². The Morgan fingerprint density at radius 3 is 2.86 bits per heavy atom. The molecule has 0 saturated carbocycles. The molecule has 1 aliphatic heterocycles. The second-order valence-electron chi connectivity index (χ2n) is 5.13. The number of likely N-dealkylation sites (tertiary alicyclic amines) is 1. The summed E-state index contributed by atoms with van der Waals surface area (Å²) in [5, 5.41) is 9.98. The molecule has 0 spiro atoms. The van der Waals surface area contributed by atoms with Gasteiger partial charge in [0.1, 0.15) is 11.9 Å². The Balaban J connectivity index is 1.99. The molecule has 0 bridgehead atoms. The van der Waals surface area contributed by atoms with Gasteiger partial charge in [0.05, 0.1) is 13.2 Å². The van der Waals surface area contributed by atoms with Crippen molar-refractivity contribution in [1.82, 2.24) is 4.90 Å². The lowest BCUT2D eigenvalue weighted by Crippen LogP contribution is -2.53. The number of benzene rings is 1. The number of rotatable bonds is 4. The Bertz CT molecular complexity index is 501. The summed E-state index contributed by atoms with van der Waals surface area (Å²) in [5.41, 5.74) is 0.892. The molecule has 0 aliphatic carbocycles. The normalized spacial score (nSPS) is 23.4. The van der Waals surface area contributed by atoms with Gasteiger partial charge >= 0.3 is 5.97 Å². The van der Waals surface area contributed by atoms with E-state index < -0.39 is 18.1 Å². The van der Waals surface area contributed by atoms with Gasteiger partial charge in [-0.2, -0.15) is 0 Å². The number of carbonyl (C=O) groups is 1. The molecule has 4 nitrogen and oxygen atoms in total. The average molecular weight is 293 g/mol. The van der Waals surface area contributed by atoms with Gasteiger partial charge in [0.2, 0.25) is 0 Å². The summed E-state index contributed by atoms with van der Waals surface area (Å²) < 4.78 is 17.6. The van der Waals surface area contributed by atoms with Crippen LogP contribution in [0.2, 0.25) is 0 Å². The summed E-state index contributed by atoms with van der Waals surface area (Å²) in [6, 6.07) is 5.58. The van der Waals surface area contributed by atoms with Crippen LogP contribution in [0.1, 0.15) is 18.4 Å². The molecule has 1 heterocycles. The number of aliphatic hydroxyl groups is 1. The Morgan fingerprint density at radius 1 is 1.48 bits per heavy atom. The largest absolute Gasteiger partial charge is 0.468 e. The zero-order valence-corrected chi connectivity index (χ0v) is 12.0. The average Bonchev–Trinajstić information content (AvgIpc) is 2.49. The number of hydrogen-bond acceptors (Lipinski definition) is 4. The number of aliphatic hydroxyl groups excluding tert-OH is 1. The highest BCUT2D eigenvalue weighted by atomic mass is 19.1. The van der Waals surface area contributed by atoms with Crippen molar-refractivity contribution in [2.75, 3.05) is 20.2 Å². The Labute approximate surface area is 123 Å². The van der Waals surface area contributed by atoms with Gasteiger partial charge in [-0.1, -0.05) is 24.3 Å². The molecule has 1 N–H and O–H groups in total. The van der Waals surface area contributed by atoms with Crippen molar-refractivity contribution in [2.24, 2.45) is 0 Å². The summed E-state index contributed by atoms with van der Waals surface area (Å²) in [7, 11) is 1.33. The molecule has 5 heteroatoms. The van der Waals surface area contributed by atoms with Crippen molar-refractivity contribution in [3.05, 3.63) is 41.7 Å². The van der Waals surface area contributed by atoms with Crippen molar-refractivity contribution < 1.29 is 19.0 Å². The van der Waals surface area contributed by atoms with E-state index in [1.807, 2.05) is 17.1 Å². The summed E-state index contributed by atoms with van der Waals surface area (Å²) >= 11 is 0. The van der Waals surface area contributed by atoms with E-state index in [9.17, 15) is 14.3 Å². The van der Waals surface area contributed by atoms with Crippen molar-refractivity contribution in [3.63, 3.8) is 0 Å². The van der Waals surface area contributed by atoms with E-state index in [1.165, 1.54) is 19.2 Å². The number of esters is 1. The minimum Gasteiger partial charge on any atom is -0.468 e. The smallest absolute Gasteiger partial charge is 0.325 e. The van der Waals surface area contributed by atoms with Crippen LogP contribution in [0.25, 0.3) is 6.08 Å². The summed E-state index contributed by atoms with van der Waals surface area (Å²) in [6.45, 7) is 1.28. The van der Waals surface area contributed by atoms with Gasteiger partial charge in [-0.25, -0.2) is 4.39 Å². The zero-order valence-electron chi connectivity index (χ0n) is 12.0. The molecule has 1 fully saturated rings. The predicted octanol–water partition coefficient (Wildman–Crippen LogP) is 1.84. The van der Waals surface area contributed by atoms with Gasteiger partial charge in [-0.05, 0) is 37.1 Å². The lowest BCUT2D eigenvalue weighted by atomic mass is 9.99. The van der Waals surface area contributed by atoms with Gasteiger partial charge < -0.3 is 9.84 Å². The molecule has 1 aromatic rings. The lowest BCUT2D eigenvalue weighted by Gasteiger charge is -2.36. The molecular weight excluding hydrogens is 273 g/mol. The molecule has 114 valence electrons. The molecule has 1 aliphatic rings. The molecule has 1 saturated heterocycles. The van der Waals surface area contributed by atoms with Crippen molar-refractivity contribution in [1.29, 1.82) is 0 Å². The van der Waals surface area contributed by atoms with Gasteiger partial charge in [0.15, 0.2) is 0 Å². The third-order valence-electron chi connectivity index (χ3n) is 3.67. The molecule has 0 amide bonds. The van der Waals surface area contributed by atoms with Crippen LogP contribution in [-0.4, -0.2) is 48.3 Å². The second-order valence-corrected chi connectivity index (χ2v) is 5.13. The van der Waals surface area contributed by atoms with Gasteiger partial charge in [-0.3, -0.25) is 9.69 Å². The highest BCUT2D eigenvalue weighted by Gasteiger charge is 2.35. The molecule has 0 unspecified atom stereocenters. The first-order chi connectivity index (χ1) is 10.1. The highest BCUT2D eigenvalue weighted by molar-refractivity contribution is 5.76. The first-order valence-electron chi connectivity index (χ1n) is 7.04. The van der Waals surface area contributed by atoms with Crippen molar-refractivity contribution in [3.8, 4) is 0 Å². The van der Waals surface area contributed by atoms with Crippen LogP contribution in [0.5, 0.6) is 0 Å². The molecule has 0 aromatic heterocycles. The predicted molar refractivity (Wildman–Crippen MR) is 78.1 cm³/mol. The Kier molecular flexibility index (Phi) is 5.47. The van der Waals surface area contributed by atoms with Gasteiger partial charge in [0, 0.05) is 6.54 Å². The Hall–Kier alpha value is -1.72. The number of hydrogen-bond donors (Lipinski definition) is 1. The van der Waals surface area contributed by atoms with Crippen LogP contribution >= 0.6 is 0 Å². The Morgan fingerprint density at radius 2 is 2.19 bits per heavy atom. The van der Waals surface area contributed by atoms with E-state index in [2.05, 4.69) is 0 Å². The highest BCUT2D eigenvalue weighted by Crippen LogP contribution is 2.19. The maximum atomic E-state index is 12.8. The second kappa shape index (κ2) is 7.33. The van der Waals surface area contributed by atoms with E-state index in [-0.39, 0.29) is 5.82 Å². The van der Waals surface area contributed by atoms with E-state index in [0.29, 0.717) is 13.0 Å².